The first-order valence-electron chi connectivity index (χ1n) is 4.94. The van der Waals surface area contributed by atoms with E-state index in [1.807, 2.05) is 0 Å². The van der Waals surface area contributed by atoms with Gasteiger partial charge in [0.15, 0.2) is 5.78 Å². The standard InChI is InChI=1S/C12H10ClNO2S/c1-16-12-3-2-9(13)4-8(12)5-11(15)10-6-17-7-14-10/h2-4,6-7H,5H2,1H3. The first-order valence-corrected chi connectivity index (χ1v) is 6.26. The number of Topliss-reactive ketones (excluding diaryl/α,β-unsaturated/α-hetero) is 1. The first-order chi connectivity index (χ1) is 8.20. The van der Waals surface area contributed by atoms with E-state index in [2.05, 4.69) is 4.98 Å². The Bertz CT molecular complexity index is 525. The zero-order valence-electron chi connectivity index (χ0n) is 9.14. The van der Waals surface area contributed by atoms with Gasteiger partial charge in [-0.2, -0.15) is 0 Å². The predicted molar refractivity (Wildman–Crippen MR) is 68.2 cm³/mol. The van der Waals surface area contributed by atoms with Gasteiger partial charge in [-0.1, -0.05) is 11.6 Å². The molecule has 1 aromatic carbocycles. The molecule has 17 heavy (non-hydrogen) atoms. The van der Waals surface area contributed by atoms with E-state index in [1.54, 1.807) is 36.2 Å². The molecule has 3 nitrogen and oxygen atoms in total. The van der Waals surface area contributed by atoms with Gasteiger partial charge >= 0.3 is 0 Å². The molecule has 0 bridgehead atoms. The zero-order valence-corrected chi connectivity index (χ0v) is 10.7. The SMILES string of the molecule is COc1ccc(Cl)cc1CC(=O)c1cscn1. The molecule has 2 rings (SSSR count). The summed E-state index contributed by atoms with van der Waals surface area (Å²) < 4.78 is 5.19. The van der Waals surface area contributed by atoms with Crippen molar-refractivity contribution in [2.75, 3.05) is 7.11 Å². The van der Waals surface area contributed by atoms with E-state index >= 15 is 0 Å². The molecule has 0 atom stereocenters. The van der Waals surface area contributed by atoms with E-state index in [0.717, 1.165) is 5.56 Å². The van der Waals surface area contributed by atoms with Crippen molar-refractivity contribution in [3.05, 3.63) is 45.4 Å². The van der Waals surface area contributed by atoms with Gasteiger partial charge in [0, 0.05) is 22.4 Å². The Kier molecular flexibility index (Phi) is 3.76. The maximum atomic E-state index is 11.9. The number of benzene rings is 1. The number of rotatable bonds is 4. The lowest BCUT2D eigenvalue weighted by Gasteiger charge is -2.07. The summed E-state index contributed by atoms with van der Waals surface area (Å²) in [5.41, 5.74) is 2.90. The summed E-state index contributed by atoms with van der Waals surface area (Å²) in [5.74, 6) is 0.629. The second kappa shape index (κ2) is 5.29. The summed E-state index contributed by atoms with van der Waals surface area (Å²) in [4.78, 5) is 15.9. The smallest absolute Gasteiger partial charge is 0.186 e. The molecule has 0 aliphatic carbocycles. The van der Waals surface area contributed by atoms with E-state index in [9.17, 15) is 4.79 Å². The van der Waals surface area contributed by atoms with E-state index in [0.29, 0.717) is 16.5 Å². The average Bonchev–Trinajstić information content (AvgIpc) is 2.83. The molecular weight excluding hydrogens is 258 g/mol. The van der Waals surface area contributed by atoms with Crippen molar-refractivity contribution < 1.29 is 9.53 Å². The first kappa shape index (κ1) is 12.1. The van der Waals surface area contributed by atoms with Crippen LogP contribution in [0.2, 0.25) is 5.02 Å². The van der Waals surface area contributed by atoms with Crippen molar-refractivity contribution in [2.24, 2.45) is 0 Å². The van der Waals surface area contributed by atoms with Crippen molar-refractivity contribution in [1.29, 1.82) is 0 Å². The molecule has 0 saturated heterocycles. The van der Waals surface area contributed by atoms with Crippen LogP contribution in [0.4, 0.5) is 0 Å². The lowest BCUT2D eigenvalue weighted by molar-refractivity contribution is 0.0988. The fraction of sp³-hybridized carbons (Fsp3) is 0.167. The Morgan fingerprint density at radius 1 is 1.53 bits per heavy atom. The lowest BCUT2D eigenvalue weighted by atomic mass is 10.1. The lowest BCUT2D eigenvalue weighted by Crippen LogP contribution is -2.05. The molecule has 0 N–H and O–H groups in total. The normalized spacial score (nSPS) is 10.2. The van der Waals surface area contributed by atoms with E-state index in [1.165, 1.54) is 11.3 Å². The Balaban J connectivity index is 2.23. The number of nitrogens with zero attached hydrogens (tertiary/aromatic N) is 1. The van der Waals surface area contributed by atoms with Crippen LogP contribution in [0, 0.1) is 0 Å². The maximum absolute atomic E-state index is 11.9. The predicted octanol–water partition coefficient (Wildman–Crippen LogP) is 3.23. The molecule has 0 aliphatic heterocycles. The van der Waals surface area contributed by atoms with E-state index in [-0.39, 0.29) is 12.2 Å². The van der Waals surface area contributed by atoms with Gasteiger partial charge in [0.2, 0.25) is 0 Å². The quantitative estimate of drug-likeness (QED) is 0.799. The number of hydrogen-bond acceptors (Lipinski definition) is 4. The van der Waals surface area contributed by atoms with Gasteiger partial charge in [-0.05, 0) is 18.2 Å². The van der Waals surface area contributed by atoms with Crippen LogP contribution in [0.1, 0.15) is 16.1 Å². The van der Waals surface area contributed by atoms with Gasteiger partial charge in [-0.3, -0.25) is 4.79 Å². The van der Waals surface area contributed by atoms with Crippen LogP contribution in [0.15, 0.2) is 29.1 Å². The molecular formula is C12H10ClNO2S. The molecule has 0 saturated carbocycles. The van der Waals surface area contributed by atoms with Gasteiger partial charge < -0.3 is 4.74 Å². The van der Waals surface area contributed by atoms with Gasteiger partial charge in [-0.25, -0.2) is 4.98 Å². The van der Waals surface area contributed by atoms with Gasteiger partial charge in [-0.15, -0.1) is 11.3 Å². The fourth-order valence-electron chi connectivity index (χ4n) is 1.50. The number of carbonyl (C=O) groups excluding carboxylic acids is 1. The van der Waals surface area contributed by atoms with Crippen molar-refractivity contribution in [3.8, 4) is 5.75 Å². The monoisotopic (exact) mass is 267 g/mol. The van der Waals surface area contributed by atoms with E-state index in [4.69, 9.17) is 16.3 Å². The van der Waals surface area contributed by atoms with Gasteiger partial charge in [0.25, 0.3) is 0 Å². The average molecular weight is 268 g/mol. The highest BCUT2D eigenvalue weighted by Crippen LogP contribution is 2.24. The molecule has 88 valence electrons. The number of methoxy groups -OCH3 is 1. The third-order valence-corrected chi connectivity index (χ3v) is 3.13. The largest absolute Gasteiger partial charge is 0.496 e. The number of thiazole rings is 1. The number of ether oxygens (including phenoxy) is 1. The highest BCUT2D eigenvalue weighted by atomic mass is 35.5. The van der Waals surface area contributed by atoms with Gasteiger partial charge in [0.1, 0.15) is 11.4 Å². The summed E-state index contributed by atoms with van der Waals surface area (Å²) in [5, 5.41) is 2.33. The number of ketones is 1. The van der Waals surface area contributed by atoms with Crippen molar-refractivity contribution in [3.63, 3.8) is 0 Å². The van der Waals surface area contributed by atoms with Crippen LogP contribution in [-0.2, 0) is 6.42 Å². The molecule has 2 aromatic rings. The zero-order chi connectivity index (χ0) is 12.3. The van der Waals surface area contributed by atoms with Crippen molar-refractivity contribution in [2.45, 2.75) is 6.42 Å². The molecule has 0 fully saturated rings. The summed E-state index contributed by atoms with van der Waals surface area (Å²) in [6.45, 7) is 0. The third kappa shape index (κ3) is 2.84. The molecule has 0 spiro atoms. The molecule has 0 aliphatic rings. The fourth-order valence-corrected chi connectivity index (χ4v) is 2.25. The molecule has 0 radical (unpaired) electrons. The molecule has 0 unspecified atom stereocenters. The minimum atomic E-state index is -0.0354. The number of carbonyl (C=O) groups is 1. The van der Waals surface area contributed by atoms with Crippen molar-refractivity contribution in [1.82, 2.24) is 4.98 Å². The molecule has 5 heteroatoms. The van der Waals surface area contributed by atoms with Crippen LogP contribution in [0.5, 0.6) is 5.75 Å². The Morgan fingerprint density at radius 2 is 2.35 bits per heavy atom. The maximum Gasteiger partial charge on any atom is 0.186 e. The Hall–Kier alpha value is -1.39. The summed E-state index contributed by atoms with van der Waals surface area (Å²) in [6, 6.07) is 5.23. The second-order valence-corrected chi connectivity index (χ2v) is 4.58. The van der Waals surface area contributed by atoms with Crippen LogP contribution in [0.25, 0.3) is 0 Å². The highest BCUT2D eigenvalue weighted by molar-refractivity contribution is 7.07. The van der Waals surface area contributed by atoms with Crippen LogP contribution in [-0.4, -0.2) is 17.9 Å². The van der Waals surface area contributed by atoms with Crippen LogP contribution in [0.3, 0.4) is 0 Å². The minimum Gasteiger partial charge on any atom is -0.496 e. The Morgan fingerprint density at radius 3 is 3.00 bits per heavy atom. The van der Waals surface area contributed by atoms with Crippen LogP contribution < -0.4 is 4.74 Å². The topological polar surface area (TPSA) is 39.2 Å². The third-order valence-electron chi connectivity index (χ3n) is 2.31. The van der Waals surface area contributed by atoms with E-state index < -0.39 is 0 Å². The summed E-state index contributed by atoms with van der Waals surface area (Å²) >= 11 is 7.30. The van der Waals surface area contributed by atoms with Crippen LogP contribution >= 0.6 is 22.9 Å². The highest BCUT2D eigenvalue weighted by Gasteiger charge is 2.12. The minimum absolute atomic E-state index is 0.0354. The summed E-state index contributed by atoms with van der Waals surface area (Å²) in [7, 11) is 1.57. The number of hydrogen-bond donors (Lipinski definition) is 0. The van der Waals surface area contributed by atoms with Gasteiger partial charge in [0.05, 0.1) is 12.6 Å². The number of aromatic nitrogens is 1. The molecule has 1 heterocycles. The Labute approximate surface area is 108 Å². The van der Waals surface area contributed by atoms with Crippen molar-refractivity contribution >= 4 is 28.7 Å². The summed E-state index contributed by atoms with van der Waals surface area (Å²) in [6.07, 6.45) is 0.244. The molecule has 1 aromatic heterocycles. The second-order valence-electron chi connectivity index (χ2n) is 3.43. The number of halogens is 1. The molecule has 0 amide bonds.